The van der Waals surface area contributed by atoms with Crippen molar-refractivity contribution >= 4 is 11.4 Å². The van der Waals surface area contributed by atoms with E-state index < -0.39 is 0 Å². The summed E-state index contributed by atoms with van der Waals surface area (Å²) in [5.74, 6) is 0. The van der Waals surface area contributed by atoms with E-state index in [0.29, 0.717) is 16.9 Å². The highest BCUT2D eigenvalue weighted by molar-refractivity contribution is 6.24. The summed E-state index contributed by atoms with van der Waals surface area (Å²) in [7, 11) is 0. The van der Waals surface area contributed by atoms with Gasteiger partial charge in [0.15, 0.2) is 5.49 Å². The lowest BCUT2D eigenvalue weighted by atomic mass is 9.94. The zero-order valence-electron chi connectivity index (χ0n) is 11.5. The van der Waals surface area contributed by atoms with Crippen LogP contribution in [0.2, 0.25) is 0 Å². The molecule has 2 aromatic rings. The second-order valence-corrected chi connectivity index (χ2v) is 4.78. The largest absolute Gasteiger partial charge is 0.427 e. The molecular weight excluding hydrogens is 264 g/mol. The molecule has 1 aliphatic rings. The summed E-state index contributed by atoms with van der Waals surface area (Å²) in [6.07, 6.45) is 4.97. The molecule has 2 N–H and O–H groups in total. The van der Waals surface area contributed by atoms with Crippen molar-refractivity contribution in [1.29, 1.82) is 5.41 Å². The van der Waals surface area contributed by atoms with Crippen LogP contribution in [0.15, 0.2) is 64.9 Å². The second kappa shape index (κ2) is 5.20. The van der Waals surface area contributed by atoms with Gasteiger partial charge in [-0.15, -0.1) is 10.2 Å². The van der Waals surface area contributed by atoms with Crippen molar-refractivity contribution in [1.82, 2.24) is 4.73 Å². The Hall–Kier alpha value is -2.95. The molecule has 0 spiro atoms. The Labute approximate surface area is 121 Å². The fourth-order valence-electron chi connectivity index (χ4n) is 2.13. The molecule has 0 aliphatic heterocycles. The van der Waals surface area contributed by atoms with Gasteiger partial charge in [-0.05, 0) is 36.8 Å². The molecule has 0 radical (unpaired) electrons. The van der Waals surface area contributed by atoms with Gasteiger partial charge in [-0.1, -0.05) is 24.3 Å². The zero-order valence-corrected chi connectivity index (χ0v) is 11.5. The topological polar surface area (TPSA) is 73.7 Å². The van der Waals surface area contributed by atoms with Crippen LogP contribution in [0.4, 0.5) is 0 Å². The first-order valence-corrected chi connectivity index (χ1v) is 6.52. The lowest BCUT2D eigenvalue weighted by molar-refractivity contribution is 0.171. The number of allylic oxidation sites excluding steroid dienone is 2. The molecule has 5 heteroatoms. The lowest BCUT2D eigenvalue weighted by Gasteiger charge is -2.12. The number of aromatic nitrogens is 1. The summed E-state index contributed by atoms with van der Waals surface area (Å²) >= 11 is 0. The maximum atomic E-state index is 9.70. The normalized spacial score (nSPS) is 16.3. The van der Waals surface area contributed by atoms with Gasteiger partial charge in [0.05, 0.1) is 11.4 Å². The van der Waals surface area contributed by atoms with Gasteiger partial charge in [0.2, 0.25) is 0 Å². The van der Waals surface area contributed by atoms with Gasteiger partial charge in [0.25, 0.3) is 0 Å². The van der Waals surface area contributed by atoms with Crippen LogP contribution in [0.25, 0.3) is 0 Å². The Kier molecular flexibility index (Phi) is 3.23. The molecule has 0 bridgehead atoms. The monoisotopic (exact) mass is 278 g/mol. The molecule has 0 amide bonds. The number of aryl methyl sites for hydroxylation is 1. The first-order chi connectivity index (χ1) is 10.1. The maximum absolute atomic E-state index is 9.70. The predicted octanol–water partition coefficient (Wildman–Crippen LogP) is 2.28. The molecule has 1 aromatic heterocycles. The summed E-state index contributed by atoms with van der Waals surface area (Å²) < 4.78 is 0.928. The van der Waals surface area contributed by atoms with Crippen LogP contribution in [0, 0.1) is 12.3 Å². The van der Waals surface area contributed by atoms with Crippen LogP contribution in [-0.2, 0) is 0 Å². The Bertz CT molecular complexity index is 843. The van der Waals surface area contributed by atoms with Crippen molar-refractivity contribution in [2.24, 2.45) is 10.2 Å². The number of benzene rings is 1. The molecular formula is C16H14N4O. The molecule has 0 saturated carbocycles. The van der Waals surface area contributed by atoms with Crippen molar-refractivity contribution in [2.45, 2.75) is 6.92 Å². The van der Waals surface area contributed by atoms with Gasteiger partial charge in [-0.2, -0.15) is 4.73 Å². The average Bonchev–Trinajstić information content (AvgIpc) is 2.50. The van der Waals surface area contributed by atoms with E-state index in [1.54, 1.807) is 24.3 Å². The molecule has 0 fully saturated rings. The van der Waals surface area contributed by atoms with Gasteiger partial charge in [0.1, 0.15) is 0 Å². The lowest BCUT2D eigenvalue weighted by Crippen LogP contribution is -2.18. The second-order valence-electron chi connectivity index (χ2n) is 4.78. The molecule has 1 aliphatic carbocycles. The van der Waals surface area contributed by atoms with E-state index in [-0.39, 0.29) is 0 Å². The first-order valence-electron chi connectivity index (χ1n) is 6.52. The Morgan fingerprint density at radius 2 is 1.81 bits per heavy atom. The van der Waals surface area contributed by atoms with Gasteiger partial charge in [-0.3, -0.25) is 0 Å². The summed E-state index contributed by atoms with van der Waals surface area (Å²) in [6, 6.07) is 11.1. The van der Waals surface area contributed by atoms with Crippen molar-refractivity contribution in [2.75, 3.05) is 0 Å². The van der Waals surface area contributed by atoms with E-state index in [9.17, 15) is 5.21 Å². The summed E-state index contributed by atoms with van der Waals surface area (Å²) in [5.41, 5.74) is 4.16. The molecule has 0 atom stereocenters. The Morgan fingerprint density at radius 1 is 1.05 bits per heavy atom. The van der Waals surface area contributed by atoms with Crippen LogP contribution >= 0.6 is 0 Å². The molecule has 104 valence electrons. The Balaban J connectivity index is 2.11. The quantitative estimate of drug-likeness (QED) is 0.609. The van der Waals surface area contributed by atoms with Crippen LogP contribution < -0.4 is 5.49 Å². The fraction of sp³-hybridized carbons (Fsp3) is 0.0625. The highest BCUT2D eigenvalue weighted by Crippen LogP contribution is 2.16. The zero-order chi connectivity index (χ0) is 14.8. The number of nitrogens with one attached hydrogen (secondary N) is 1. The van der Waals surface area contributed by atoms with E-state index >= 15 is 0 Å². The van der Waals surface area contributed by atoms with Crippen molar-refractivity contribution < 1.29 is 5.21 Å². The summed E-state index contributed by atoms with van der Waals surface area (Å²) in [6.45, 7) is 1.92. The molecule has 21 heavy (non-hydrogen) atoms. The van der Waals surface area contributed by atoms with E-state index in [0.717, 1.165) is 21.4 Å². The molecule has 5 nitrogen and oxygen atoms in total. The third kappa shape index (κ3) is 2.53. The van der Waals surface area contributed by atoms with Gasteiger partial charge >= 0.3 is 0 Å². The highest BCUT2D eigenvalue weighted by Gasteiger charge is 2.13. The third-order valence-electron chi connectivity index (χ3n) is 3.23. The number of rotatable bonds is 1. The third-order valence-corrected chi connectivity index (χ3v) is 3.23. The minimum absolute atomic E-state index is 0.356. The fourth-order valence-corrected chi connectivity index (χ4v) is 2.13. The standard InChI is InChI=1S/C16H14N4O/c1-11-8-9-20(21)16(10-11)19-18-15-7-6-14(17)12-4-2-3-5-13(12)15/h2-10,17,21H,1H3. The average molecular weight is 278 g/mol. The maximum Gasteiger partial charge on any atom is 0.190 e. The number of hydrogen-bond donors (Lipinski definition) is 2. The molecule has 1 heterocycles. The van der Waals surface area contributed by atoms with Crippen LogP contribution in [0.3, 0.4) is 0 Å². The van der Waals surface area contributed by atoms with Crippen molar-refractivity contribution in [3.05, 3.63) is 76.9 Å². The predicted molar refractivity (Wildman–Crippen MR) is 80.9 cm³/mol. The highest BCUT2D eigenvalue weighted by atomic mass is 16.5. The van der Waals surface area contributed by atoms with Crippen LogP contribution in [0.1, 0.15) is 16.7 Å². The molecule has 1 aromatic carbocycles. The number of pyridine rings is 1. The van der Waals surface area contributed by atoms with Crippen LogP contribution in [-0.4, -0.2) is 21.4 Å². The number of fused-ring (bicyclic) bond motifs is 1. The molecule has 0 unspecified atom stereocenters. The SMILES string of the molecule is Cc1ccn(O)c(=NN=C2C=CC(=N)c3ccccc32)c1. The van der Waals surface area contributed by atoms with Gasteiger partial charge < -0.3 is 10.6 Å². The van der Waals surface area contributed by atoms with Gasteiger partial charge in [-0.25, -0.2) is 0 Å². The van der Waals surface area contributed by atoms with E-state index in [1.165, 1.54) is 6.20 Å². The minimum atomic E-state index is 0.356. The van der Waals surface area contributed by atoms with Crippen molar-refractivity contribution in [3.63, 3.8) is 0 Å². The minimum Gasteiger partial charge on any atom is -0.427 e. The molecule has 0 saturated heterocycles. The molecule has 3 rings (SSSR count). The summed E-state index contributed by atoms with van der Waals surface area (Å²) in [4.78, 5) is 0. The Morgan fingerprint density at radius 3 is 2.62 bits per heavy atom. The van der Waals surface area contributed by atoms with Crippen molar-refractivity contribution in [3.8, 4) is 0 Å². The number of hydrogen-bond acceptors (Lipinski definition) is 4. The van der Waals surface area contributed by atoms with E-state index in [4.69, 9.17) is 5.41 Å². The van der Waals surface area contributed by atoms with Gasteiger partial charge in [0, 0.05) is 17.3 Å². The van der Waals surface area contributed by atoms with Crippen LogP contribution in [0.5, 0.6) is 0 Å². The van der Waals surface area contributed by atoms with E-state index in [1.807, 2.05) is 31.2 Å². The first kappa shape index (κ1) is 13.1. The number of nitrogens with zero attached hydrogens (tertiary/aromatic N) is 3. The summed E-state index contributed by atoms with van der Waals surface area (Å²) in [5, 5.41) is 25.9. The van der Waals surface area contributed by atoms with E-state index in [2.05, 4.69) is 10.2 Å². The smallest absolute Gasteiger partial charge is 0.190 e.